The Morgan fingerprint density at radius 3 is 2.90 bits per heavy atom. The van der Waals surface area contributed by atoms with Crippen molar-refractivity contribution in [3.05, 3.63) is 65.5 Å². The number of alkyl halides is 1. The van der Waals surface area contributed by atoms with E-state index in [0.29, 0.717) is 22.8 Å². The van der Waals surface area contributed by atoms with Crippen molar-refractivity contribution in [1.29, 1.82) is 5.26 Å². The molecule has 5 rings (SSSR count). The molecule has 1 aromatic heterocycles. The smallest absolute Gasteiger partial charge is 0.240 e. The van der Waals surface area contributed by atoms with Crippen molar-refractivity contribution in [2.24, 2.45) is 0 Å². The lowest BCUT2D eigenvalue weighted by atomic mass is 10.1. The van der Waals surface area contributed by atoms with Crippen LogP contribution < -0.4 is 9.47 Å². The third-order valence-electron chi connectivity index (χ3n) is 4.92. The van der Waals surface area contributed by atoms with Crippen molar-refractivity contribution in [3.63, 3.8) is 0 Å². The van der Waals surface area contributed by atoms with Crippen LogP contribution in [0, 0.1) is 11.3 Å². The standard InChI is InChI=1S/C21H14IN3O4/c22-8-19(26)25-16(9-23)20(14-10-24-15-4-2-1-3-13(14)15)29-21(25)12-5-6-17-18(7-12)28-11-27-17/h1-7,10,21,24H,8,11H2. The molecule has 144 valence electrons. The molecule has 0 saturated heterocycles. The molecule has 7 nitrogen and oxygen atoms in total. The molecule has 1 atom stereocenters. The third kappa shape index (κ3) is 2.81. The number of rotatable bonds is 3. The SMILES string of the molecule is N#CC1=C(c2c[nH]c3ccccc23)OC(c2ccc3c(c2)OCO3)N1C(=O)CI. The van der Waals surface area contributed by atoms with E-state index in [4.69, 9.17) is 14.2 Å². The molecule has 0 aliphatic carbocycles. The highest BCUT2D eigenvalue weighted by Gasteiger charge is 2.40. The summed E-state index contributed by atoms with van der Waals surface area (Å²) in [6.07, 6.45) is 1.04. The molecular formula is C21H14IN3O4. The molecule has 0 bridgehead atoms. The molecule has 3 heterocycles. The number of aromatic nitrogens is 1. The highest BCUT2D eigenvalue weighted by Crippen LogP contribution is 2.44. The molecule has 3 aromatic rings. The third-order valence-corrected chi connectivity index (χ3v) is 5.58. The summed E-state index contributed by atoms with van der Waals surface area (Å²) in [7, 11) is 0. The number of hydrogen-bond acceptors (Lipinski definition) is 5. The van der Waals surface area contributed by atoms with E-state index in [9.17, 15) is 10.1 Å². The van der Waals surface area contributed by atoms with Crippen molar-refractivity contribution in [1.82, 2.24) is 9.88 Å². The number of para-hydroxylation sites is 1. The molecule has 1 N–H and O–H groups in total. The zero-order valence-electron chi connectivity index (χ0n) is 15.0. The second-order valence-electron chi connectivity index (χ2n) is 6.52. The van der Waals surface area contributed by atoms with Gasteiger partial charge in [-0.1, -0.05) is 40.8 Å². The monoisotopic (exact) mass is 499 g/mol. The molecule has 2 aliphatic rings. The largest absolute Gasteiger partial charge is 0.462 e. The zero-order chi connectivity index (χ0) is 20.0. The van der Waals surface area contributed by atoms with E-state index in [-0.39, 0.29) is 22.8 Å². The van der Waals surface area contributed by atoms with Gasteiger partial charge in [0.2, 0.25) is 18.9 Å². The number of benzene rings is 2. The molecule has 1 unspecified atom stereocenters. The Morgan fingerprint density at radius 1 is 1.24 bits per heavy atom. The number of carbonyl (C=O) groups is 1. The van der Waals surface area contributed by atoms with Gasteiger partial charge in [0.05, 0.1) is 4.43 Å². The average molecular weight is 499 g/mol. The predicted molar refractivity (Wildman–Crippen MR) is 113 cm³/mol. The molecule has 2 aliphatic heterocycles. The first-order chi connectivity index (χ1) is 14.2. The highest BCUT2D eigenvalue weighted by molar-refractivity contribution is 14.1. The first-order valence-electron chi connectivity index (χ1n) is 8.86. The number of H-pyrrole nitrogens is 1. The lowest BCUT2D eigenvalue weighted by molar-refractivity contribution is -0.131. The fourth-order valence-corrected chi connectivity index (χ4v) is 3.97. The summed E-state index contributed by atoms with van der Waals surface area (Å²) < 4.78 is 17.3. The fraction of sp³-hybridized carbons (Fsp3) is 0.143. The number of halogens is 1. The number of amides is 1. The van der Waals surface area contributed by atoms with E-state index in [0.717, 1.165) is 16.5 Å². The van der Waals surface area contributed by atoms with Crippen molar-refractivity contribution in [3.8, 4) is 17.6 Å². The maximum atomic E-state index is 12.8. The Balaban J connectivity index is 1.64. The van der Waals surface area contributed by atoms with Gasteiger partial charge in [-0.05, 0) is 24.3 Å². The summed E-state index contributed by atoms with van der Waals surface area (Å²) in [5, 5.41) is 10.8. The van der Waals surface area contributed by atoms with Gasteiger partial charge < -0.3 is 19.2 Å². The number of nitrogens with one attached hydrogen (secondary N) is 1. The van der Waals surface area contributed by atoms with E-state index in [1.807, 2.05) is 52.9 Å². The lowest BCUT2D eigenvalue weighted by Crippen LogP contribution is -2.31. The molecular weight excluding hydrogens is 485 g/mol. The van der Waals surface area contributed by atoms with E-state index in [2.05, 4.69) is 11.1 Å². The molecule has 0 fully saturated rings. The first-order valence-corrected chi connectivity index (χ1v) is 10.4. The Morgan fingerprint density at radius 2 is 2.07 bits per heavy atom. The number of fused-ring (bicyclic) bond motifs is 2. The first kappa shape index (κ1) is 17.9. The number of aromatic amines is 1. The average Bonchev–Trinajstić information content (AvgIpc) is 3.47. The Bertz CT molecular complexity index is 1210. The molecule has 29 heavy (non-hydrogen) atoms. The predicted octanol–water partition coefficient (Wildman–Crippen LogP) is 4.08. The lowest BCUT2D eigenvalue weighted by Gasteiger charge is -2.23. The fourth-order valence-electron chi connectivity index (χ4n) is 3.61. The van der Waals surface area contributed by atoms with Crippen LogP contribution in [0.5, 0.6) is 11.5 Å². The number of nitrogens with zero attached hydrogens (tertiary/aromatic N) is 2. The molecule has 8 heteroatoms. The van der Waals surface area contributed by atoms with E-state index >= 15 is 0 Å². The molecule has 0 spiro atoms. The van der Waals surface area contributed by atoms with Crippen LogP contribution in [0.25, 0.3) is 16.7 Å². The van der Waals surface area contributed by atoms with Crippen LogP contribution in [-0.2, 0) is 9.53 Å². The number of nitriles is 1. The summed E-state index contributed by atoms with van der Waals surface area (Å²) in [5.74, 6) is 1.40. The van der Waals surface area contributed by atoms with E-state index in [1.165, 1.54) is 4.90 Å². The van der Waals surface area contributed by atoms with E-state index in [1.54, 1.807) is 18.3 Å². The minimum absolute atomic E-state index is 0.156. The van der Waals surface area contributed by atoms with Crippen LogP contribution in [0.1, 0.15) is 17.4 Å². The number of ether oxygens (including phenoxy) is 3. The summed E-state index contributed by atoms with van der Waals surface area (Å²) in [4.78, 5) is 17.4. The number of allylic oxidation sites excluding steroid dienone is 1. The quantitative estimate of drug-likeness (QED) is 0.434. The Labute approximate surface area is 179 Å². The normalized spacial score (nSPS) is 17.5. The van der Waals surface area contributed by atoms with Crippen LogP contribution >= 0.6 is 22.6 Å². The van der Waals surface area contributed by atoms with Gasteiger partial charge in [-0.3, -0.25) is 9.69 Å². The minimum atomic E-state index is -0.759. The van der Waals surface area contributed by atoms with Gasteiger partial charge in [-0.2, -0.15) is 5.26 Å². The van der Waals surface area contributed by atoms with Gasteiger partial charge in [0.15, 0.2) is 23.0 Å². The van der Waals surface area contributed by atoms with Gasteiger partial charge in [-0.25, -0.2) is 0 Å². The summed E-state index contributed by atoms with van der Waals surface area (Å²) in [6, 6.07) is 15.3. The van der Waals surface area contributed by atoms with Crippen LogP contribution in [-0.4, -0.2) is 27.0 Å². The van der Waals surface area contributed by atoms with Crippen molar-refractivity contribution >= 4 is 45.2 Å². The van der Waals surface area contributed by atoms with Gasteiger partial charge >= 0.3 is 0 Å². The Kier molecular flexibility index (Phi) is 4.32. The maximum absolute atomic E-state index is 12.8. The van der Waals surface area contributed by atoms with Gasteiger partial charge in [0.1, 0.15) is 6.07 Å². The second-order valence-corrected chi connectivity index (χ2v) is 7.28. The topological polar surface area (TPSA) is 87.6 Å². The number of hydrogen-bond donors (Lipinski definition) is 1. The van der Waals surface area contributed by atoms with E-state index < -0.39 is 6.23 Å². The summed E-state index contributed by atoms with van der Waals surface area (Å²) in [5.41, 5.74) is 2.56. The molecule has 0 radical (unpaired) electrons. The summed E-state index contributed by atoms with van der Waals surface area (Å²) in [6.45, 7) is 0.156. The minimum Gasteiger partial charge on any atom is -0.462 e. The van der Waals surface area contributed by atoms with Crippen molar-refractivity contribution < 1.29 is 19.0 Å². The van der Waals surface area contributed by atoms with Gasteiger partial charge in [0.25, 0.3) is 0 Å². The van der Waals surface area contributed by atoms with Crippen LogP contribution in [0.15, 0.2) is 54.4 Å². The molecule has 0 saturated carbocycles. The van der Waals surface area contributed by atoms with Gasteiger partial charge in [-0.15, -0.1) is 0 Å². The summed E-state index contributed by atoms with van der Waals surface area (Å²) >= 11 is 1.99. The second kappa shape index (κ2) is 7.00. The van der Waals surface area contributed by atoms with Gasteiger partial charge in [0, 0.05) is 28.2 Å². The van der Waals surface area contributed by atoms with Crippen molar-refractivity contribution in [2.75, 3.05) is 11.2 Å². The van der Waals surface area contributed by atoms with Crippen LogP contribution in [0.3, 0.4) is 0 Å². The molecule has 1 amide bonds. The van der Waals surface area contributed by atoms with Crippen LogP contribution in [0.2, 0.25) is 0 Å². The zero-order valence-corrected chi connectivity index (χ0v) is 17.2. The maximum Gasteiger partial charge on any atom is 0.240 e. The molecule has 2 aromatic carbocycles. The van der Waals surface area contributed by atoms with Crippen LogP contribution in [0.4, 0.5) is 0 Å². The Hall–Kier alpha value is -3.19. The highest BCUT2D eigenvalue weighted by atomic mass is 127. The number of carbonyl (C=O) groups excluding carboxylic acids is 1. The van der Waals surface area contributed by atoms with Crippen molar-refractivity contribution in [2.45, 2.75) is 6.23 Å².